The van der Waals surface area contributed by atoms with Crippen molar-refractivity contribution >= 4 is 29.0 Å². The minimum absolute atomic E-state index is 0.336. The number of aromatic nitrogens is 1. The van der Waals surface area contributed by atoms with Crippen LogP contribution in [0.25, 0.3) is 17.0 Å². The summed E-state index contributed by atoms with van der Waals surface area (Å²) in [6, 6.07) is 7.36. The summed E-state index contributed by atoms with van der Waals surface area (Å²) in [6.07, 6.45) is 4.29. The van der Waals surface area contributed by atoms with Crippen LogP contribution in [0.2, 0.25) is 0 Å². The van der Waals surface area contributed by atoms with Gasteiger partial charge in [0.1, 0.15) is 5.60 Å². The van der Waals surface area contributed by atoms with E-state index in [2.05, 4.69) is 0 Å². The molecular weight excluding hydrogens is 294 g/mol. The van der Waals surface area contributed by atoms with E-state index in [4.69, 9.17) is 9.47 Å². The van der Waals surface area contributed by atoms with Gasteiger partial charge in [-0.1, -0.05) is 12.1 Å². The summed E-state index contributed by atoms with van der Waals surface area (Å²) in [5.74, 6) is -0.393. The quantitative estimate of drug-likeness (QED) is 0.634. The zero-order chi connectivity index (χ0) is 17.0. The number of hydrogen-bond acceptors (Lipinski definition) is 4. The van der Waals surface area contributed by atoms with Gasteiger partial charge in [-0.3, -0.25) is 4.57 Å². The van der Waals surface area contributed by atoms with Crippen LogP contribution >= 0.6 is 0 Å². The van der Waals surface area contributed by atoms with Gasteiger partial charge in [-0.2, -0.15) is 0 Å². The van der Waals surface area contributed by atoms with Crippen LogP contribution in [-0.2, 0) is 14.3 Å². The minimum atomic E-state index is -0.560. The van der Waals surface area contributed by atoms with Crippen LogP contribution in [0.5, 0.6) is 0 Å². The van der Waals surface area contributed by atoms with E-state index in [-0.39, 0.29) is 0 Å². The standard InChI is InChI=1S/C18H21NO4/c1-5-22-16(20)10-9-13-7-6-8-15-14(13)11-12-19(15)17(21)23-18(2,3)4/h6-12H,5H2,1-4H3. The zero-order valence-electron chi connectivity index (χ0n) is 13.8. The molecule has 0 aliphatic carbocycles. The van der Waals surface area contributed by atoms with Gasteiger partial charge in [-0.25, -0.2) is 9.59 Å². The lowest BCUT2D eigenvalue weighted by atomic mass is 10.1. The molecule has 0 amide bonds. The SMILES string of the molecule is CCOC(=O)C=Cc1cccc2c1ccn2C(=O)OC(C)(C)C. The number of carbonyl (C=O) groups excluding carboxylic acids is 2. The number of hydrogen-bond donors (Lipinski definition) is 0. The monoisotopic (exact) mass is 315 g/mol. The molecule has 122 valence electrons. The van der Waals surface area contributed by atoms with Crippen LogP contribution in [0.1, 0.15) is 33.3 Å². The van der Waals surface area contributed by atoms with Crippen molar-refractivity contribution in [1.29, 1.82) is 0 Å². The average molecular weight is 315 g/mol. The van der Waals surface area contributed by atoms with Crippen molar-refractivity contribution in [3.63, 3.8) is 0 Å². The van der Waals surface area contributed by atoms with E-state index in [1.165, 1.54) is 10.6 Å². The molecule has 23 heavy (non-hydrogen) atoms. The van der Waals surface area contributed by atoms with Gasteiger partial charge in [0.25, 0.3) is 0 Å². The van der Waals surface area contributed by atoms with Crippen molar-refractivity contribution < 1.29 is 19.1 Å². The molecule has 1 aromatic carbocycles. The number of rotatable bonds is 3. The van der Waals surface area contributed by atoms with Crippen molar-refractivity contribution in [2.75, 3.05) is 6.61 Å². The normalized spacial score (nSPS) is 11.8. The molecule has 2 aromatic rings. The Morgan fingerprint density at radius 2 is 1.96 bits per heavy atom. The highest BCUT2D eigenvalue weighted by molar-refractivity contribution is 5.97. The molecular formula is C18H21NO4. The lowest BCUT2D eigenvalue weighted by Gasteiger charge is -2.19. The number of ether oxygens (including phenoxy) is 2. The fourth-order valence-corrected chi connectivity index (χ4v) is 2.16. The minimum Gasteiger partial charge on any atom is -0.463 e. The van der Waals surface area contributed by atoms with Crippen molar-refractivity contribution in [2.24, 2.45) is 0 Å². The summed E-state index contributed by atoms with van der Waals surface area (Å²) < 4.78 is 11.7. The Morgan fingerprint density at radius 3 is 2.61 bits per heavy atom. The van der Waals surface area contributed by atoms with E-state index < -0.39 is 17.7 Å². The molecule has 0 atom stereocenters. The van der Waals surface area contributed by atoms with Gasteiger partial charge >= 0.3 is 12.1 Å². The molecule has 0 radical (unpaired) electrons. The van der Waals surface area contributed by atoms with Gasteiger partial charge in [0.15, 0.2) is 0 Å². The molecule has 0 aliphatic heterocycles. The van der Waals surface area contributed by atoms with E-state index in [9.17, 15) is 9.59 Å². The zero-order valence-corrected chi connectivity index (χ0v) is 13.8. The van der Waals surface area contributed by atoms with E-state index in [1.54, 1.807) is 19.2 Å². The molecule has 0 bridgehead atoms. The maximum absolute atomic E-state index is 12.2. The molecule has 5 heteroatoms. The molecule has 0 aliphatic rings. The van der Waals surface area contributed by atoms with Crippen LogP contribution in [0.3, 0.4) is 0 Å². The fourth-order valence-electron chi connectivity index (χ4n) is 2.16. The summed E-state index contributed by atoms with van der Waals surface area (Å²) in [7, 11) is 0. The molecule has 0 N–H and O–H groups in total. The predicted octanol–water partition coefficient (Wildman–Crippen LogP) is 4.00. The van der Waals surface area contributed by atoms with Crippen LogP contribution in [0.4, 0.5) is 4.79 Å². The highest BCUT2D eigenvalue weighted by Gasteiger charge is 2.19. The topological polar surface area (TPSA) is 57.5 Å². The van der Waals surface area contributed by atoms with Gasteiger partial charge in [0.2, 0.25) is 0 Å². The van der Waals surface area contributed by atoms with E-state index in [1.807, 2.05) is 45.0 Å². The van der Waals surface area contributed by atoms with Crippen LogP contribution < -0.4 is 0 Å². The molecule has 0 saturated carbocycles. The number of carbonyl (C=O) groups is 2. The van der Waals surface area contributed by atoms with Crippen LogP contribution in [0.15, 0.2) is 36.5 Å². The Labute approximate surface area is 135 Å². The number of nitrogens with zero attached hydrogens (tertiary/aromatic N) is 1. The summed E-state index contributed by atoms with van der Waals surface area (Å²) in [6.45, 7) is 7.56. The van der Waals surface area contributed by atoms with Gasteiger partial charge in [0, 0.05) is 17.7 Å². The number of fused-ring (bicyclic) bond motifs is 1. The fraction of sp³-hybridized carbons (Fsp3) is 0.333. The van der Waals surface area contributed by atoms with Gasteiger partial charge in [-0.15, -0.1) is 0 Å². The molecule has 0 fully saturated rings. The largest absolute Gasteiger partial charge is 0.463 e. The Bertz CT molecular complexity index is 750. The first-order valence-electron chi connectivity index (χ1n) is 7.50. The summed E-state index contributed by atoms with van der Waals surface area (Å²) in [5, 5.41) is 0.860. The first-order valence-corrected chi connectivity index (χ1v) is 7.50. The molecule has 0 spiro atoms. The lowest BCUT2D eigenvalue weighted by molar-refractivity contribution is -0.137. The molecule has 1 heterocycles. The van der Waals surface area contributed by atoms with E-state index in [0.29, 0.717) is 6.61 Å². The van der Waals surface area contributed by atoms with Crippen LogP contribution in [-0.4, -0.2) is 28.8 Å². The third kappa shape index (κ3) is 4.22. The first-order chi connectivity index (χ1) is 10.8. The lowest BCUT2D eigenvalue weighted by Crippen LogP contribution is -2.26. The second-order valence-corrected chi connectivity index (χ2v) is 6.03. The van der Waals surface area contributed by atoms with Crippen molar-refractivity contribution in [3.05, 3.63) is 42.1 Å². The Kier molecular flexibility index (Phi) is 4.89. The Morgan fingerprint density at radius 1 is 1.22 bits per heavy atom. The van der Waals surface area contributed by atoms with E-state index >= 15 is 0 Å². The number of esters is 1. The molecule has 1 aromatic heterocycles. The predicted molar refractivity (Wildman–Crippen MR) is 89.2 cm³/mol. The highest BCUT2D eigenvalue weighted by Crippen LogP contribution is 2.22. The molecule has 0 unspecified atom stereocenters. The molecule has 0 saturated heterocycles. The second-order valence-electron chi connectivity index (χ2n) is 6.03. The third-order valence-corrected chi connectivity index (χ3v) is 3.04. The van der Waals surface area contributed by atoms with E-state index in [0.717, 1.165) is 16.5 Å². The van der Waals surface area contributed by atoms with Crippen molar-refractivity contribution in [3.8, 4) is 0 Å². The smallest absolute Gasteiger partial charge is 0.418 e. The number of benzene rings is 1. The van der Waals surface area contributed by atoms with Gasteiger partial charge in [-0.05, 0) is 51.5 Å². The van der Waals surface area contributed by atoms with Gasteiger partial charge < -0.3 is 9.47 Å². The maximum Gasteiger partial charge on any atom is 0.418 e. The second kappa shape index (κ2) is 6.69. The summed E-state index contributed by atoms with van der Waals surface area (Å²) >= 11 is 0. The average Bonchev–Trinajstić information content (AvgIpc) is 2.88. The molecule has 5 nitrogen and oxygen atoms in total. The maximum atomic E-state index is 12.2. The van der Waals surface area contributed by atoms with Gasteiger partial charge in [0.05, 0.1) is 12.1 Å². The highest BCUT2D eigenvalue weighted by atomic mass is 16.6. The summed E-state index contributed by atoms with van der Waals surface area (Å²) in [5.41, 5.74) is 0.998. The van der Waals surface area contributed by atoms with Crippen LogP contribution in [0, 0.1) is 0 Å². The first kappa shape index (κ1) is 16.8. The van der Waals surface area contributed by atoms with Crippen molar-refractivity contribution in [1.82, 2.24) is 4.57 Å². The Hall–Kier alpha value is -2.56. The van der Waals surface area contributed by atoms with Crippen molar-refractivity contribution in [2.45, 2.75) is 33.3 Å². The summed E-state index contributed by atoms with van der Waals surface area (Å²) in [4.78, 5) is 23.7. The third-order valence-electron chi connectivity index (χ3n) is 3.04. The molecule has 2 rings (SSSR count). The Balaban J connectivity index is 2.34.